The van der Waals surface area contributed by atoms with Crippen molar-refractivity contribution in [3.05, 3.63) is 0 Å². The first kappa shape index (κ1) is 24.5. The van der Waals surface area contributed by atoms with Crippen LogP contribution in [0.5, 0.6) is 0 Å². The lowest BCUT2D eigenvalue weighted by atomic mass is 10.0. The Kier molecular flexibility index (Phi) is 10.2. The molecule has 0 aliphatic heterocycles. The maximum absolute atomic E-state index is 12.5. The van der Waals surface area contributed by atoms with Crippen molar-refractivity contribution in [1.29, 1.82) is 5.41 Å². The Bertz CT molecular complexity index is 530. The van der Waals surface area contributed by atoms with E-state index in [0.717, 1.165) is 0 Å². The number of hydrogen-bond acceptors (Lipinski definition) is 5. The molecule has 2 amide bonds. The number of carboxylic acid groups (broad SMARTS) is 1. The summed E-state index contributed by atoms with van der Waals surface area (Å²) < 4.78 is 5.17. The number of ether oxygens (including phenoxy) is 1. The van der Waals surface area contributed by atoms with Gasteiger partial charge in [-0.2, -0.15) is 0 Å². The lowest BCUT2D eigenvalue weighted by molar-refractivity contribution is -0.142. The molecule has 10 heteroatoms. The highest BCUT2D eigenvalue weighted by molar-refractivity contribution is 5.89. The molecule has 0 unspecified atom stereocenters. The fourth-order valence-electron chi connectivity index (χ4n) is 2.21. The van der Waals surface area contributed by atoms with Crippen molar-refractivity contribution >= 4 is 23.9 Å². The molecule has 27 heavy (non-hydrogen) atoms. The van der Waals surface area contributed by atoms with Gasteiger partial charge in [0.25, 0.3) is 0 Å². The van der Waals surface area contributed by atoms with Crippen LogP contribution in [0.4, 0.5) is 4.79 Å². The maximum Gasteiger partial charge on any atom is 0.408 e. The van der Waals surface area contributed by atoms with Gasteiger partial charge in [-0.1, -0.05) is 13.8 Å². The fraction of sp³-hybridized carbons (Fsp3) is 0.765. The topological polar surface area (TPSA) is 167 Å². The van der Waals surface area contributed by atoms with Crippen molar-refractivity contribution in [2.24, 2.45) is 11.7 Å². The van der Waals surface area contributed by atoms with E-state index in [1.54, 1.807) is 20.8 Å². The highest BCUT2D eigenvalue weighted by Gasteiger charge is 2.28. The van der Waals surface area contributed by atoms with Gasteiger partial charge < -0.3 is 31.5 Å². The first-order chi connectivity index (χ1) is 12.3. The number of alkyl carbamates (subject to hydrolysis) is 1. The second-order valence-corrected chi connectivity index (χ2v) is 7.71. The number of hydrogen-bond donors (Lipinski definition) is 6. The molecule has 0 saturated carbocycles. The van der Waals surface area contributed by atoms with E-state index < -0.39 is 35.7 Å². The van der Waals surface area contributed by atoms with Crippen LogP contribution in [0.25, 0.3) is 0 Å². The molecule has 0 aromatic heterocycles. The van der Waals surface area contributed by atoms with Crippen molar-refractivity contribution in [3.63, 3.8) is 0 Å². The van der Waals surface area contributed by atoms with E-state index in [-0.39, 0.29) is 18.3 Å². The van der Waals surface area contributed by atoms with Gasteiger partial charge in [0.05, 0.1) is 0 Å². The van der Waals surface area contributed by atoms with E-state index in [4.69, 9.17) is 15.9 Å². The Morgan fingerprint density at radius 1 is 1.15 bits per heavy atom. The minimum atomic E-state index is -1.17. The third kappa shape index (κ3) is 12.5. The van der Waals surface area contributed by atoms with E-state index in [9.17, 15) is 19.5 Å². The van der Waals surface area contributed by atoms with E-state index in [0.29, 0.717) is 19.4 Å². The van der Waals surface area contributed by atoms with Crippen LogP contribution < -0.4 is 21.7 Å². The average molecular weight is 387 g/mol. The zero-order valence-corrected chi connectivity index (χ0v) is 16.7. The summed E-state index contributed by atoms with van der Waals surface area (Å²) in [6.45, 7) is 9.22. The second kappa shape index (κ2) is 11.2. The molecule has 0 bridgehead atoms. The average Bonchev–Trinajstić information content (AvgIpc) is 2.46. The quantitative estimate of drug-likeness (QED) is 0.183. The van der Waals surface area contributed by atoms with E-state index >= 15 is 0 Å². The summed E-state index contributed by atoms with van der Waals surface area (Å²) >= 11 is 0. The first-order valence-corrected chi connectivity index (χ1v) is 8.92. The minimum absolute atomic E-state index is 0.0960. The van der Waals surface area contributed by atoms with Crippen molar-refractivity contribution in [2.75, 3.05) is 6.54 Å². The number of amides is 2. The number of guanidine groups is 1. The summed E-state index contributed by atoms with van der Waals surface area (Å²) in [6.07, 6.45) is 0.150. The molecule has 0 heterocycles. The van der Waals surface area contributed by atoms with Crippen molar-refractivity contribution in [3.8, 4) is 0 Å². The van der Waals surface area contributed by atoms with Crippen LogP contribution >= 0.6 is 0 Å². The van der Waals surface area contributed by atoms with Crippen molar-refractivity contribution < 1.29 is 24.2 Å². The summed E-state index contributed by atoms with van der Waals surface area (Å²) in [5.41, 5.74) is 4.45. The molecule has 2 atom stereocenters. The third-order valence-corrected chi connectivity index (χ3v) is 3.31. The first-order valence-electron chi connectivity index (χ1n) is 8.92. The number of carbonyl (C=O) groups excluding carboxylic acids is 2. The number of rotatable bonds is 10. The van der Waals surface area contributed by atoms with Crippen LogP contribution in [0, 0.1) is 11.3 Å². The highest BCUT2D eigenvalue weighted by atomic mass is 16.6. The molecule has 0 aromatic rings. The van der Waals surface area contributed by atoms with Crippen LogP contribution in [-0.4, -0.2) is 53.3 Å². The highest BCUT2D eigenvalue weighted by Crippen LogP contribution is 2.10. The predicted octanol–water partition coefficient (Wildman–Crippen LogP) is 0.758. The molecule has 156 valence electrons. The van der Waals surface area contributed by atoms with Gasteiger partial charge in [0, 0.05) is 6.54 Å². The minimum Gasteiger partial charge on any atom is -0.480 e. The van der Waals surface area contributed by atoms with Gasteiger partial charge in [-0.05, 0) is 46.0 Å². The molecular weight excluding hydrogens is 354 g/mol. The number of carboxylic acids is 1. The van der Waals surface area contributed by atoms with Gasteiger partial charge in [-0.3, -0.25) is 10.2 Å². The Hall–Kier alpha value is -2.52. The maximum atomic E-state index is 12.5. The summed E-state index contributed by atoms with van der Waals surface area (Å²) in [7, 11) is 0. The monoisotopic (exact) mass is 387 g/mol. The van der Waals surface area contributed by atoms with Crippen LogP contribution in [0.1, 0.15) is 53.9 Å². The Morgan fingerprint density at radius 2 is 1.74 bits per heavy atom. The zero-order chi connectivity index (χ0) is 21.2. The van der Waals surface area contributed by atoms with Gasteiger partial charge in [0.15, 0.2) is 5.96 Å². The molecule has 0 radical (unpaired) electrons. The smallest absolute Gasteiger partial charge is 0.408 e. The SMILES string of the molecule is CC(C)C[C@@H](NC(=O)OC(C)(C)C)C(=O)N[C@H](CCCNC(=N)N)C(=O)O. The Morgan fingerprint density at radius 3 is 2.19 bits per heavy atom. The van der Waals surface area contributed by atoms with Crippen LogP contribution in [0.15, 0.2) is 0 Å². The lowest BCUT2D eigenvalue weighted by Crippen LogP contribution is -2.52. The molecule has 0 aromatic carbocycles. The molecule has 7 N–H and O–H groups in total. The summed E-state index contributed by atoms with van der Waals surface area (Å²) in [5, 5.41) is 23.9. The van der Waals surface area contributed by atoms with E-state index in [1.807, 2.05) is 13.8 Å². The summed E-state index contributed by atoms with van der Waals surface area (Å²) in [5.74, 6) is -1.86. The van der Waals surface area contributed by atoms with Gasteiger partial charge in [-0.25, -0.2) is 9.59 Å². The lowest BCUT2D eigenvalue weighted by Gasteiger charge is -2.25. The fourth-order valence-corrected chi connectivity index (χ4v) is 2.21. The van der Waals surface area contributed by atoms with Gasteiger partial charge in [-0.15, -0.1) is 0 Å². The summed E-state index contributed by atoms with van der Waals surface area (Å²) in [4.78, 5) is 35.9. The molecule has 0 aliphatic rings. The molecule has 0 aliphatic carbocycles. The number of carbonyl (C=O) groups is 3. The van der Waals surface area contributed by atoms with Crippen molar-refractivity contribution in [2.45, 2.75) is 71.6 Å². The summed E-state index contributed by atoms with van der Waals surface area (Å²) in [6, 6.07) is -2.02. The standard InChI is InChI=1S/C17H33N5O5/c1-10(2)9-12(22-16(26)27-17(3,4)5)13(23)21-11(14(24)25)7-6-8-20-15(18)19/h10-12H,6-9H2,1-5H3,(H,21,23)(H,22,26)(H,24,25)(H4,18,19,20)/t11-,12-/m1/s1. The Labute approximate surface area is 160 Å². The van der Waals surface area contributed by atoms with Gasteiger partial charge in [0.2, 0.25) is 5.91 Å². The van der Waals surface area contributed by atoms with Gasteiger partial charge >= 0.3 is 12.1 Å². The van der Waals surface area contributed by atoms with Crippen LogP contribution in [-0.2, 0) is 14.3 Å². The number of nitrogens with two attached hydrogens (primary N) is 1. The van der Waals surface area contributed by atoms with E-state index in [1.165, 1.54) is 0 Å². The largest absolute Gasteiger partial charge is 0.480 e. The molecule has 0 saturated heterocycles. The Balaban J connectivity index is 4.88. The van der Waals surface area contributed by atoms with Crippen LogP contribution in [0.3, 0.4) is 0 Å². The molecule has 10 nitrogen and oxygen atoms in total. The van der Waals surface area contributed by atoms with Crippen molar-refractivity contribution in [1.82, 2.24) is 16.0 Å². The number of nitrogens with one attached hydrogen (secondary N) is 4. The third-order valence-electron chi connectivity index (χ3n) is 3.31. The van der Waals surface area contributed by atoms with Crippen LogP contribution in [0.2, 0.25) is 0 Å². The molecule has 0 spiro atoms. The molecule has 0 fully saturated rings. The number of aliphatic carboxylic acids is 1. The van der Waals surface area contributed by atoms with E-state index in [2.05, 4.69) is 16.0 Å². The molecule has 0 rings (SSSR count). The van der Waals surface area contributed by atoms with Gasteiger partial charge in [0.1, 0.15) is 17.7 Å². The molecular formula is C17H33N5O5. The zero-order valence-electron chi connectivity index (χ0n) is 16.7. The normalized spacial score (nSPS) is 13.4. The second-order valence-electron chi connectivity index (χ2n) is 7.71. The predicted molar refractivity (Wildman–Crippen MR) is 101 cm³/mol.